The summed E-state index contributed by atoms with van der Waals surface area (Å²) in [6.45, 7) is 0.183. The number of thiophene rings is 2. The maximum Gasteiger partial charge on any atom is 0.254 e. The van der Waals surface area contributed by atoms with Crippen LogP contribution in [0.25, 0.3) is 0 Å². The minimum Gasteiger partial charge on any atom is -0.347 e. The van der Waals surface area contributed by atoms with Gasteiger partial charge in [-0.25, -0.2) is 13.6 Å². The Morgan fingerprint density at radius 1 is 1.30 bits per heavy atom. The Kier molecular flexibility index (Phi) is 4.73. The van der Waals surface area contributed by atoms with Crippen LogP contribution in [0.15, 0.2) is 22.4 Å². The van der Waals surface area contributed by atoms with Gasteiger partial charge in [-0.1, -0.05) is 23.2 Å². The lowest BCUT2D eigenvalue weighted by Gasteiger charge is -2.01. The molecule has 1 amide bonds. The maximum atomic E-state index is 11.9. The first-order valence-electron chi connectivity index (χ1n) is 5.12. The SMILES string of the molecule is NS(=O)(=O)c1ccc(CNC(=O)c2cc(Cl)sc2Cl)s1. The molecule has 3 N–H and O–H groups in total. The molecule has 108 valence electrons. The molecule has 0 spiro atoms. The monoisotopic (exact) mass is 370 g/mol. The average molecular weight is 371 g/mol. The smallest absolute Gasteiger partial charge is 0.254 e. The van der Waals surface area contributed by atoms with Gasteiger partial charge in [-0.05, 0) is 18.2 Å². The summed E-state index contributed by atoms with van der Waals surface area (Å²) in [7, 11) is -3.71. The van der Waals surface area contributed by atoms with E-state index in [1.165, 1.54) is 12.1 Å². The second kappa shape index (κ2) is 6.00. The molecule has 2 aromatic heterocycles. The summed E-state index contributed by atoms with van der Waals surface area (Å²) in [5, 5.41) is 7.64. The van der Waals surface area contributed by atoms with Crippen LogP contribution in [0, 0.1) is 0 Å². The standard InChI is InChI=1S/C10H8Cl2N2O3S3/c11-7-3-6(9(12)19-7)10(15)14-4-5-1-2-8(18-5)20(13,16)17/h1-3H,4H2,(H,14,15)(H2,13,16,17). The second-order valence-electron chi connectivity index (χ2n) is 3.69. The fraction of sp³-hybridized carbons (Fsp3) is 0.100. The number of sulfonamides is 1. The molecule has 10 heteroatoms. The van der Waals surface area contributed by atoms with Crippen LogP contribution in [0.3, 0.4) is 0 Å². The van der Waals surface area contributed by atoms with E-state index in [2.05, 4.69) is 5.32 Å². The number of rotatable bonds is 4. The van der Waals surface area contributed by atoms with E-state index in [9.17, 15) is 13.2 Å². The van der Waals surface area contributed by atoms with Gasteiger partial charge < -0.3 is 5.32 Å². The van der Waals surface area contributed by atoms with E-state index in [1.54, 1.807) is 6.07 Å². The number of primary sulfonamides is 1. The van der Waals surface area contributed by atoms with Crippen LogP contribution >= 0.6 is 45.9 Å². The summed E-state index contributed by atoms with van der Waals surface area (Å²) in [5.74, 6) is -0.372. The van der Waals surface area contributed by atoms with Crippen LogP contribution in [0.4, 0.5) is 0 Å². The van der Waals surface area contributed by atoms with Crippen LogP contribution in [0.5, 0.6) is 0 Å². The zero-order chi connectivity index (χ0) is 14.9. The molecule has 0 fully saturated rings. The van der Waals surface area contributed by atoms with Crippen LogP contribution in [-0.2, 0) is 16.6 Å². The van der Waals surface area contributed by atoms with Gasteiger partial charge in [0.1, 0.15) is 8.55 Å². The van der Waals surface area contributed by atoms with Gasteiger partial charge in [0.25, 0.3) is 5.91 Å². The highest BCUT2D eigenvalue weighted by molar-refractivity contribution is 7.91. The zero-order valence-corrected chi connectivity index (χ0v) is 13.7. The van der Waals surface area contributed by atoms with Crippen molar-refractivity contribution < 1.29 is 13.2 Å². The number of hydrogen-bond donors (Lipinski definition) is 2. The molecule has 0 aliphatic carbocycles. The number of carbonyl (C=O) groups is 1. The highest BCUT2D eigenvalue weighted by Crippen LogP contribution is 2.31. The Bertz CT molecular complexity index is 752. The van der Waals surface area contributed by atoms with Gasteiger partial charge in [0.2, 0.25) is 10.0 Å². The average Bonchev–Trinajstić information content (AvgIpc) is 2.92. The van der Waals surface area contributed by atoms with E-state index in [-0.39, 0.29) is 16.7 Å². The molecule has 0 unspecified atom stereocenters. The molecule has 0 aliphatic rings. The van der Waals surface area contributed by atoms with E-state index in [1.807, 2.05) is 0 Å². The summed E-state index contributed by atoms with van der Waals surface area (Å²) in [4.78, 5) is 12.5. The molecule has 2 rings (SSSR count). The number of amides is 1. The van der Waals surface area contributed by atoms with Crippen LogP contribution in [0.2, 0.25) is 8.67 Å². The molecule has 0 atom stereocenters. The molecule has 2 heterocycles. The largest absolute Gasteiger partial charge is 0.347 e. The molecular weight excluding hydrogens is 363 g/mol. The summed E-state index contributed by atoms with van der Waals surface area (Å²) in [5.41, 5.74) is 0.296. The van der Waals surface area contributed by atoms with Gasteiger partial charge in [-0.15, -0.1) is 22.7 Å². The molecule has 20 heavy (non-hydrogen) atoms. The topological polar surface area (TPSA) is 89.3 Å². The molecule has 0 aromatic carbocycles. The third-order valence-corrected chi connectivity index (χ3v) is 6.25. The molecule has 0 saturated heterocycles. The third-order valence-electron chi connectivity index (χ3n) is 2.24. The first kappa shape index (κ1) is 15.7. The predicted octanol–water partition coefficient (Wildman–Crippen LogP) is 2.69. The van der Waals surface area contributed by atoms with Gasteiger partial charge in [0.05, 0.1) is 16.4 Å². The van der Waals surface area contributed by atoms with Crippen molar-refractivity contribution >= 4 is 61.8 Å². The van der Waals surface area contributed by atoms with Crippen molar-refractivity contribution in [3.8, 4) is 0 Å². The molecule has 0 radical (unpaired) electrons. The number of halogens is 2. The Morgan fingerprint density at radius 2 is 2.00 bits per heavy atom. The lowest BCUT2D eigenvalue weighted by atomic mass is 10.3. The number of hydrogen-bond acceptors (Lipinski definition) is 5. The Morgan fingerprint density at radius 3 is 2.50 bits per heavy atom. The Balaban J connectivity index is 2.04. The van der Waals surface area contributed by atoms with E-state index >= 15 is 0 Å². The molecular formula is C10H8Cl2N2O3S3. The highest BCUT2D eigenvalue weighted by atomic mass is 35.5. The van der Waals surface area contributed by atoms with Gasteiger partial charge in [0.15, 0.2) is 0 Å². The van der Waals surface area contributed by atoms with E-state index in [0.29, 0.717) is 19.1 Å². The van der Waals surface area contributed by atoms with Gasteiger partial charge >= 0.3 is 0 Å². The van der Waals surface area contributed by atoms with Crippen molar-refractivity contribution in [3.05, 3.63) is 37.3 Å². The third kappa shape index (κ3) is 3.72. The number of nitrogens with two attached hydrogens (primary N) is 1. The summed E-state index contributed by atoms with van der Waals surface area (Å²) in [6, 6.07) is 4.47. The fourth-order valence-corrected chi connectivity index (χ4v) is 4.54. The minimum absolute atomic E-state index is 0.0540. The molecule has 2 aromatic rings. The molecule has 0 saturated carbocycles. The first-order valence-corrected chi connectivity index (χ1v) is 9.05. The van der Waals surface area contributed by atoms with E-state index < -0.39 is 10.0 Å². The van der Waals surface area contributed by atoms with Crippen molar-refractivity contribution in [2.75, 3.05) is 0 Å². The maximum absolute atomic E-state index is 11.9. The highest BCUT2D eigenvalue weighted by Gasteiger charge is 2.15. The first-order chi connectivity index (χ1) is 9.27. The van der Waals surface area contributed by atoms with Crippen molar-refractivity contribution in [1.82, 2.24) is 5.32 Å². The Hall–Kier alpha value is -0.640. The fourth-order valence-electron chi connectivity index (χ4n) is 1.36. The van der Waals surface area contributed by atoms with Crippen molar-refractivity contribution in [2.24, 2.45) is 5.14 Å². The summed E-state index contributed by atoms with van der Waals surface area (Å²) in [6.07, 6.45) is 0. The van der Waals surface area contributed by atoms with Crippen LogP contribution in [-0.4, -0.2) is 14.3 Å². The van der Waals surface area contributed by atoms with Gasteiger partial charge in [-0.2, -0.15) is 0 Å². The van der Waals surface area contributed by atoms with E-state index in [0.717, 1.165) is 22.7 Å². The van der Waals surface area contributed by atoms with Crippen molar-refractivity contribution in [2.45, 2.75) is 10.8 Å². The van der Waals surface area contributed by atoms with E-state index in [4.69, 9.17) is 28.3 Å². The minimum atomic E-state index is -3.71. The number of carbonyl (C=O) groups excluding carboxylic acids is 1. The van der Waals surface area contributed by atoms with Crippen LogP contribution in [0.1, 0.15) is 15.2 Å². The Labute approximate surface area is 133 Å². The lowest BCUT2D eigenvalue weighted by molar-refractivity contribution is 0.0952. The summed E-state index contributed by atoms with van der Waals surface area (Å²) >= 11 is 13.7. The predicted molar refractivity (Wildman–Crippen MR) is 81.2 cm³/mol. The van der Waals surface area contributed by atoms with Crippen molar-refractivity contribution in [1.29, 1.82) is 0 Å². The van der Waals surface area contributed by atoms with Crippen molar-refractivity contribution in [3.63, 3.8) is 0 Å². The molecule has 0 aliphatic heterocycles. The lowest BCUT2D eigenvalue weighted by Crippen LogP contribution is -2.22. The summed E-state index contributed by atoms with van der Waals surface area (Å²) < 4.78 is 23.0. The van der Waals surface area contributed by atoms with Gasteiger partial charge in [-0.3, -0.25) is 4.79 Å². The van der Waals surface area contributed by atoms with Crippen LogP contribution < -0.4 is 10.5 Å². The zero-order valence-electron chi connectivity index (χ0n) is 9.72. The second-order valence-corrected chi connectivity index (χ2v) is 8.93. The number of nitrogens with one attached hydrogen (secondary N) is 1. The molecule has 0 bridgehead atoms. The van der Waals surface area contributed by atoms with Gasteiger partial charge in [0, 0.05) is 4.88 Å². The quantitative estimate of drug-likeness (QED) is 0.866. The normalized spacial score (nSPS) is 11.6. The molecule has 5 nitrogen and oxygen atoms in total.